The van der Waals surface area contributed by atoms with Crippen LogP contribution in [0.4, 0.5) is 0 Å². The molecular weight excluding hydrogens is 264 g/mol. The number of esters is 1. The van der Waals surface area contributed by atoms with Gasteiger partial charge in [0.25, 0.3) is 5.09 Å². The summed E-state index contributed by atoms with van der Waals surface area (Å²) in [5.41, 5.74) is 5.20. The second-order valence-corrected chi connectivity index (χ2v) is 3.37. The van der Waals surface area contributed by atoms with Gasteiger partial charge in [0, 0.05) is 6.42 Å². The van der Waals surface area contributed by atoms with E-state index in [2.05, 4.69) is 4.84 Å². The Bertz CT molecular complexity index is 309. The summed E-state index contributed by atoms with van der Waals surface area (Å²) in [6.45, 7) is -0.158. The number of aliphatic carboxylic acids is 1. The standard InChI is InChI=1S/C9H16N2O8/c10-7(9(13)14)1-2-8(12)18-5-3-17-4-6-19-11(15)16/h7H,1-6,10H2,(H,13,14). The van der Waals surface area contributed by atoms with Gasteiger partial charge in [-0.2, -0.15) is 0 Å². The zero-order valence-corrected chi connectivity index (χ0v) is 10.1. The minimum absolute atomic E-state index is 0.00240. The summed E-state index contributed by atoms with van der Waals surface area (Å²) in [4.78, 5) is 35.2. The van der Waals surface area contributed by atoms with Gasteiger partial charge in [-0.3, -0.25) is 9.59 Å². The number of carbonyl (C=O) groups excluding carboxylic acids is 1. The number of carboxylic acids is 1. The van der Waals surface area contributed by atoms with E-state index in [9.17, 15) is 19.7 Å². The summed E-state index contributed by atoms with van der Waals surface area (Å²) < 4.78 is 9.59. The topological polar surface area (TPSA) is 151 Å². The van der Waals surface area contributed by atoms with Gasteiger partial charge in [0.1, 0.15) is 19.3 Å². The fraction of sp³-hybridized carbons (Fsp3) is 0.778. The van der Waals surface area contributed by atoms with Crippen molar-refractivity contribution in [2.75, 3.05) is 26.4 Å². The normalized spacial score (nSPS) is 11.6. The maximum Gasteiger partial charge on any atom is 0.320 e. The molecule has 0 saturated heterocycles. The number of rotatable bonds is 11. The monoisotopic (exact) mass is 280 g/mol. The van der Waals surface area contributed by atoms with Gasteiger partial charge in [0.2, 0.25) is 0 Å². The van der Waals surface area contributed by atoms with Crippen molar-refractivity contribution < 1.29 is 34.1 Å². The molecule has 0 amide bonds. The predicted octanol–water partition coefficient (Wildman–Crippen LogP) is -1.05. The van der Waals surface area contributed by atoms with Crippen LogP contribution in [0.1, 0.15) is 12.8 Å². The molecule has 3 N–H and O–H groups in total. The van der Waals surface area contributed by atoms with Gasteiger partial charge in [-0.15, -0.1) is 10.1 Å². The van der Waals surface area contributed by atoms with Crippen molar-refractivity contribution in [3.63, 3.8) is 0 Å². The number of carbonyl (C=O) groups is 2. The highest BCUT2D eigenvalue weighted by molar-refractivity contribution is 5.75. The first kappa shape index (κ1) is 17.1. The van der Waals surface area contributed by atoms with E-state index < -0.39 is 23.1 Å². The summed E-state index contributed by atoms with van der Waals surface area (Å²) >= 11 is 0. The van der Waals surface area contributed by atoms with Crippen molar-refractivity contribution in [1.82, 2.24) is 0 Å². The molecule has 0 fully saturated rings. The molecule has 0 aliphatic rings. The molecule has 0 heterocycles. The summed E-state index contributed by atoms with van der Waals surface area (Å²) in [6, 6.07) is -1.09. The fourth-order valence-electron chi connectivity index (χ4n) is 0.956. The molecule has 0 aromatic rings. The molecule has 19 heavy (non-hydrogen) atoms. The van der Waals surface area contributed by atoms with E-state index in [1.165, 1.54) is 0 Å². The van der Waals surface area contributed by atoms with Crippen LogP contribution < -0.4 is 5.73 Å². The fourth-order valence-corrected chi connectivity index (χ4v) is 0.956. The minimum atomic E-state index is -1.18. The molecule has 0 aromatic heterocycles. The molecule has 0 spiro atoms. The van der Waals surface area contributed by atoms with Crippen LogP contribution in [0.3, 0.4) is 0 Å². The predicted molar refractivity (Wildman–Crippen MR) is 59.6 cm³/mol. The van der Waals surface area contributed by atoms with Crippen molar-refractivity contribution in [3.8, 4) is 0 Å². The smallest absolute Gasteiger partial charge is 0.320 e. The molecule has 0 aliphatic carbocycles. The quantitative estimate of drug-likeness (QED) is 0.209. The average molecular weight is 280 g/mol. The lowest BCUT2D eigenvalue weighted by atomic mass is 10.2. The summed E-state index contributed by atoms with van der Waals surface area (Å²) in [7, 11) is 0. The molecule has 0 rings (SSSR count). The van der Waals surface area contributed by atoms with Gasteiger partial charge in [0.05, 0.1) is 13.2 Å². The van der Waals surface area contributed by atoms with Crippen LogP contribution in [0.2, 0.25) is 0 Å². The van der Waals surface area contributed by atoms with Gasteiger partial charge in [-0.1, -0.05) is 0 Å². The SMILES string of the molecule is NC(CCC(=O)OCCOCCO[N+](=O)[O-])C(=O)O. The van der Waals surface area contributed by atoms with E-state index in [-0.39, 0.29) is 39.3 Å². The van der Waals surface area contributed by atoms with Crippen molar-refractivity contribution in [2.45, 2.75) is 18.9 Å². The summed E-state index contributed by atoms with van der Waals surface area (Å²) in [6.07, 6.45) is -0.108. The molecule has 0 bridgehead atoms. The molecule has 1 atom stereocenters. The number of ether oxygens (including phenoxy) is 2. The van der Waals surface area contributed by atoms with Gasteiger partial charge < -0.3 is 25.2 Å². The summed E-state index contributed by atoms with van der Waals surface area (Å²) in [5.74, 6) is -1.76. The van der Waals surface area contributed by atoms with Crippen LogP contribution in [0.5, 0.6) is 0 Å². The first-order valence-electron chi connectivity index (χ1n) is 5.42. The van der Waals surface area contributed by atoms with E-state index in [1.54, 1.807) is 0 Å². The molecule has 10 nitrogen and oxygen atoms in total. The second-order valence-electron chi connectivity index (χ2n) is 3.37. The minimum Gasteiger partial charge on any atom is -0.480 e. The van der Waals surface area contributed by atoms with E-state index in [0.29, 0.717) is 0 Å². The lowest BCUT2D eigenvalue weighted by molar-refractivity contribution is -0.758. The number of nitrogens with zero attached hydrogens (tertiary/aromatic N) is 1. The average Bonchev–Trinajstić information content (AvgIpc) is 2.34. The lowest BCUT2D eigenvalue weighted by Gasteiger charge is -2.07. The Morgan fingerprint density at radius 1 is 1.26 bits per heavy atom. The molecule has 10 heteroatoms. The van der Waals surface area contributed by atoms with Crippen LogP contribution in [0.15, 0.2) is 0 Å². The summed E-state index contributed by atoms with van der Waals surface area (Å²) in [5, 5.41) is 17.3. The van der Waals surface area contributed by atoms with Crippen LogP contribution in [0, 0.1) is 10.1 Å². The molecule has 0 aliphatic heterocycles. The third-order valence-corrected chi connectivity index (χ3v) is 1.89. The Labute approximate surface area is 108 Å². The first-order valence-corrected chi connectivity index (χ1v) is 5.42. The van der Waals surface area contributed by atoms with Gasteiger partial charge in [0.15, 0.2) is 0 Å². The second kappa shape index (κ2) is 10.0. The highest BCUT2D eigenvalue weighted by Gasteiger charge is 2.13. The molecular formula is C9H16N2O8. The van der Waals surface area contributed by atoms with Crippen molar-refractivity contribution in [3.05, 3.63) is 10.1 Å². The Hall–Kier alpha value is -1.94. The van der Waals surface area contributed by atoms with Crippen molar-refractivity contribution in [1.29, 1.82) is 0 Å². The Morgan fingerprint density at radius 2 is 1.89 bits per heavy atom. The lowest BCUT2D eigenvalue weighted by Crippen LogP contribution is -2.30. The van der Waals surface area contributed by atoms with E-state index in [1.807, 2.05) is 0 Å². The number of hydrogen-bond acceptors (Lipinski definition) is 8. The Morgan fingerprint density at radius 3 is 2.47 bits per heavy atom. The Balaban J connectivity index is 3.39. The van der Waals surface area contributed by atoms with Crippen molar-refractivity contribution in [2.24, 2.45) is 5.73 Å². The third kappa shape index (κ3) is 10.9. The van der Waals surface area contributed by atoms with Crippen LogP contribution >= 0.6 is 0 Å². The largest absolute Gasteiger partial charge is 0.480 e. The van der Waals surface area contributed by atoms with Crippen molar-refractivity contribution >= 4 is 11.9 Å². The van der Waals surface area contributed by atoms with Crippen LogP contribution in [-0.4, -0.2) is 54.6 Å². The zero-order valence-electron chi connectivity index (χ0n) is 10.1. The number of nitrogens with two attached hydrogens (primary N) is 1. The van der Waals surface area contributed by atoms with E-state index >= 15 is 0 Å². The molecule has 0 aromatic carbocycles. The highest BCUT2D eigenvalue weighted by Crippen LogP contribution is 1.97. The Kier molecular flexibility index (Phi) is 9.00. The highest BCUT2D eigenvalue weighted by atomic mass is 17.0. The van der Waals surface area contributed by atoms with Gasteiger partial charge in [-0.25, -0.2) is 0 Å². The molecule has 1 unspecified atom stereocenters. The first-order chi connectivity index (χ1) is 8.93. The van der Waals surface area contributed by atoms with Crippen LogP contribution in [0.25, 0.3) is 0 Å². The maximum absolute atomic E-state index is 11.1. The maximum atomic E-state index is 11.1. The van der Waals surface area contributed by atoms with Gasteiger partial charge >= 0.3 is 11.9 Å². The molecule has 0 saturated carbocycles. The zero-order chi connectivity index (χ0) is 14.7. The van der Waals surface area contributed by atoms with Gasteiger partial charge in [-0.05, 0) is 6.42 Å². The molecule has 110 valence electrons. The number of carboxylic acid groups (broad SMARTS) is 1. The number of hydrogen-bond donors (Lipinski definition) is 2. The van der Waals surface area contributed by atoms with E-state index in [4.69, 9.17) is 20.3 Å². The third-order valence-electron chi connectivity index (χ3n) is 1.89. The molecule has 0 radical (unpaired) electrons. The van der Waals surface area contributed by atoms with Crippen LogP contribution in [-0.2, 0) is 23.9 Å². The van der Waals surface area contributed by atoms with E-state index in [0.717, 1.165) is 0 Å².